The van der Waals surface area contributed by atoms with Crippen molar-refractivity contribution in [3.63, 3.8) is 0 Å². The van der Waals surface area contributed by atoms with E-state index in [-0.39, 0.29) is 18.5 Å². The first-order valence-corrected chi connectivity index (χ1v) is 8.73. The minimum Gasteiger partial charge on any atom is -0.359 e. The van der Waals surface area contributed by atoms with Crippen LogP contribution in [0, 0.1) is 17.2 Å². The van der Waals surface area contributed by atoms with Crippen LogP contribution < -0.4 is 10.2 Å². The van der Waals surface area contributed by atoms with Gasteiger partial charge in [0.15, 0.2) is 0 Å². The zero-order chi connectivity index (χ0) is 17.8. The summed E-state index contributed by atoms with van der Waals surface area (Å²) in [6.45, 7) is 3.02. The van der Waals surface area contributed by atoms with Gasteiger partial charge in [-0.2, -0.15) is 5.26 Å². The number of halogens is 1. The third-order valence-electron chi connectivity index (χ3n) is 4.51. The van der Waals surface area contributed by atoms with E-state index < -0.39 is 0 Å². The van der Waals surface area contributed by atoms with Crippen molar-refractivity contribution in [3.05, 3.63) is 53.6 Å². The Balaban J connectivity index is 1.87. The minimum atomic E-state index is -0.233. The van der Waals surface area contributed by atoms with Crippen LogP contribution in [0.2, 0.25) is 5.02 Å². The standard InChI is InChI=1S/C20H20ClN3O/c1-14-11-19(20(25)23-10-9-22)24(13-14)18-4-2-3-16(12-18)15-5-7-17(21)8-6-15/h2-8,12,14,19H,10-11,13H2,1H3,(H,23,25)/t14-,19-/m0/s1. The quantitative estimate of drug-likeness (QED) is 0.849. The van der Waals surface area contributed by atoms with Crippen molar-refractivity contribution in [3.8, 4) is 17.2 Å². The van der Waals surface area contributed by atoms with Crippen molar-refractivity contribution in [1.82, 2.24) is 5.32 Å². The van der Waals surface area contributed by atoms with Gasteiger partial charge in [-0.1, -0.05) is 42.8 Å². The summed E-state index contributed by atoms with van der Waals surface area (Å²) in [4.78, 5) is 14.5. The molecule has 128 valence electrons. The molecule has 0 saturated carbocycles. The van der Waals surface area contributed by atoms with E-state index in [9.17, 15) is 4.79 Å². The third-order valence-corrected chi connectivity index (χ3v) is 4.76. The van der Waals surface area contributed by atoms with Crippen LogP contribution in [0.4, 0.5) is 5.69 Å². The van der Waals surface area contributed by atoms with Gasteiger partial charge in [-0.3, -0.25) is 4.79 Å². The minimum absolute atomic E-state index is 0.0440. The molecule has 2 aromatic rings. The molecule has 2 aromatic carbocycles. The van der Waals surface area contributed by atoms with Gasteiger partial charge in [-0.15, -0.1) is 0 Å². The molecule has 1 aliphatic heterocycles. The summed E-state index contributed by atoms with van der Waals surface area (Å²) in [6, 6.07) is 17.7. The number of hydrogen-bond donors (Lipinski definition) is 1. The summed E-state index contributed by atoms with van der Waals surface area (Å²) in [5.74, 6) is 0.347. The molecule has 0 aromatic heterocycles. The molecule has 1 saturated heterocycles. The number of rotatable bonds is 4. The summed E-state index contributed by atoms with van der Waals surface area (Å²) < 4.78 is 0. The molecule has 0 unspecified atom stereocenters. The average molecular weight is 354 g/mol. The number of carbonyl (C=O) groups is 1. The second-order valence-corrected chi connectivity index (χ2v) is 6.88. The third kappa shape index (κ3) is 3.94. The molecule has 25 heavy (non-hydrogen) atoms. The maximum atomic E-state index is 12.4. The first kappa shape index (κ1) is 17.3. The summed E-state index contributed by atoms with van der Waals surface area (Å²) in [7, 11) is 0. The van der Waals surface area contributed by atoms with E-state index in [2.05, 4.69) is 29.3 Å². The fourth-order valence-electron chi connectivity index (χ4n) is 3.33. The molecule has 5 heteroatoms. The number of anilines is 1. The van der Waals surface area contributed by atoms with Gasteiger partial charge in [0.1, 0.15) is 12.6 Å². The number of nitriles is 1. The predicted molar refractivity (Wildman–Crippen MR) is 100 cm³/mol. The Hall–Kier alpha value is -2.51. The van der Waals surface area contributed by atoms with E-state index in [1.807, 2.05) is 42.5 Å². The molecule has 1 N–H and O–H groups in total. The Bertz CT molecular complexity index is 797. The highest BCUT2D eigenvalue weighted by molar-refractivity contribution is 6.30. The van der Waals surface area contributed by atoms with Gasteiger partial charge < -0.3 is 10.2 Å². The number of amides is 1. The van der Waals surface area contributed by atoms with E-state index in [4.69, 9.17) is 16.9 Å². The second-order valence-electron chi connectivity index (χ2n) is 6.44. The molecule has 0 radical (unpaired) electrons. The molecule has 0 aliphatic carbocycles. The van der Waals surface area contributed by atoms with Gasteiger partial charge in [0, 0.05) is 17.3 Å². The van der Waals surface area contributed by atoms with Crippen LogP contribution in [0.1, 0.15) is 13.3 Å². The molecule has 3 rings (SSSR count). The Labute approximate surface area is 153 Å². The number of benzene rings is 2. The average Bonchev–Trinajstić information content (AvgIpc) is 3.02. The zero-order valence-corrected chi connectivity index (χ0v) is 14.8. The molecular weight excluding hydrogens is 334 g/mol. The predicted octanol–water partition coefficient (Wildman–Crippen LogP) is 3.86. The van der Waals surface area contributed by atoms with E-state index in [0.29, 0.717) is 10.9 Å². The van der Waals surface area contributed by atoms with Gasteiger partial charge in [0.05, 0.1) is 6.07 Å². The SMILES string of the molecule is C[C@H]1C[C@@H](C(=O)NCC#N)N(c2cccc(-c3ccc(Cl)cc3)c2)C1. The monoisotopic (exact) mass is 353 g/mol. The molecule has 0 bridgehead atoms. The lowest BCUT2D eigenvalue weighted by atomic mass is 10.0. The number of carbonyl (C=O) groups excluding carboxylic acids is 1. The van der Waals surface area contributed by atoms with Crippen molar-refractivity contribution in [1.29, 1.82) is 5.26 Å². The van der Waals surface area contributed by atoms with Crippen molar-refractivity contribution in [2.75, 3.05) is 18.0 Å². The van der Waals surface area contributed by atoms with Crippen molar-refractivity contribution in [2.24, 2.45) is 5.92 Å². The van der Waals surface area contributed by atoms with Crippen LogP contribution in [0.5, 0.6) is 0 Å². The highest BCUT2D eigenvalue weighted by Gasteiger charge is 2.34. The van der Waals surface area contributed by atoms with Gasteiger partial charge in [-0.05, 0) is 47.7 Å². The molecule has 4 nitrogen and oxygen atoms in total. The summed E-state index contributed by atoms with van der Waals surface area (Å²) in [5.41, 5.74) is 3.20. The summed E-state index contributed by atoms with van der Waals surface area (Å²) in [5, 5.41) is 12.1. The molecule has 1 aliphatic rings. The van der Waals surface area contributed by atoms with Crippen LogP contribution in [0.3, 0.4) is 0 Å². The zero-order valence-electron chi connectivity index (χ0n) is 14.1. The summed E-state index contributed by atoms with van der Waals surface area (Å²) >= 11 is 5.97. The molecule has 0 spiro atoms. The van der Waals surface area contributed by atoms with E-state index in [1.165, 1.54) is 0 Å². The molecule has 1 heterocycles. The lowest BCUT2D eigenvalue weighted by molar-refractivity contribution is -0.122. The Kier molecular flexibility index (Phi) is 5.25. The lowest BCUT2D eigenvalue weighted by Crippen LogP contribution is -2.43. The Morgan fingerprint density at radius 1 is 1.28 bits per heavy atom. The van der Waals surface area contributed by atoms with Crippen molar-refractivity contribution in [2.45, 2.75) is 19.4 Å². The summed E-state index contributed by atoms with van der Waals surface area (Å²) in [6.07, 6.45) is 0.794. The van der Waals surface area contributed by atoms with Gasteiger partial charge in [-0.25, -0.2) is 0 Å². The maximum absolute atomic E-state index is 12.4. The normalized spacial score (nSPS) is 19.5. The molecule has 1 amide bonds. The smallest absolute Gasteiger partial charge is 0.243 e. The molecular formula is C20H20ClN3O. The number of nitrogens with zero attached hydrogens (tertiary/aromatic N) is 2. The van der Waals surface area contributed by atoms with E-state index in [0.717, 1.165) is 29.8 Å². The maximum Gasteiger partial charge on any atom is 0.243 e. The topological polar surface area (TPSA) is 56.1 Å². The number of nitrogens with one attached hydrogen (secondary N) is 1. The highest BCUT2D eigenvalue weighted by Crippen LogP contribution is 2.32. The first-order valence-electron chi connectivity index (χ1n) is 8.36. The second kappa shape index (κ2) is 7.58. The van der Waals surface area contributed by atoms with Crippen molar-refractivity contribution < 1.29 is 4.79 Å². The number of hydrogen-bond acceptors (Lipinski definition) is 3. The van der Waals surface area contributed by atoms with Crippen molar-refractivity contribution >= 4 is 23.2 Å². The van der Waals surface area contributed by atoms with Crippen LogP contribution >= 0.6 is 11.6 Å². The van der Waals surface area contributed by atoms with E-state index >= 15 is 0 Å². The Morgan fingerprint density at radius 3 is 2.76 bits per heavy atom. The van der Waals surface area contributed by atoms with Crippen LogP contribution in [-0.2, 0) is 4.79 Å². The van der Waals surface area contributed by atoms with Crippen LogP contribution in [-0.4, -0.2) is 25.0 Å². The largest absolute Gasteiger partial charge is 0.359 e. The highest BCUT2D eigenvalue weighted by atomic mass is 35.5. The van der Waals surface area contributed by atoms with Gasteiger partial charge >= 0.3 is 0 Å². The fraction of sp³-hybridized carbons (Fsp3) is 0.300. The van der Waals surface area contributed by atoms with Gasteiger partial charge in [0.2, 0.25) is 5.91 Å². The Morgan fingerprint density at radius 2 is 2.04 bits per heavy atom. The van der Waals surface area contributed by atoms with Gasteiger partial charge in [0.25, 0.3) is 0 Å². The molecule has 1 fully saturated rings. The van der Waals surface area contributed by atoms with Crippen LogP contribution in [0.25, 0.3) is 11.1 Å². The van der Waals surface area contributed by atoms with Crippen LogP contribution in [0.15, 0.2) is 48.5 Å². The van der Waals surface area contributed by atoms with E-state index in [1.54, 1.807) is 0 Å². The lowest BCUT2D eigenvalue weighted by Gasteiger charge is -2.26. The molecule has 2 atom stereocenters. The first-order chi connectivity index (χ1) is 12.1. The fourth-order valence-corrected chi connectivity index (χ4v) is 3.46.